The highest BCUT2D eigenvalue weighted by Crippen LogP contribution is 2.28. The Hall–Kier alpha value is -0.120. The summed E-state index contributed by atoms with van der Waals surface area (Å²) in [5, 5.41) is 0. The van der Waals surface area contributed by atoms with Gasteiger partial charge in [-0.15, -0.1) is 0 Å². The van der Waals surface area contributed by atoms with Gasteiger partial charge in [0.1, 0.15) is 0 Å². The van der Waals surface area contributed by atoms with Gasteiger partial charge in [0.2, 0.25) is 0 Å². The number of nitrogens with zero attached hydrogens (tertiary/aromatic N) is 2. The Morgan fingerprint density at radius 2 is 2.00 bits per heavy atom. The molecule has 3 unspecified atom stereocenters. The second kappa shape index (κ2) is 6.76. The number of piperazine rings is 1. The summed E-state index contributed by atoms with van der Waals surface area (Å²) in [6, 6.07) is 1.60. The molecule has 0 aromatic rings. The van der Waals surface area contributed by atoms with Gasteiger partial charge in [0.15, 0.2) is 0 Å². The van der Waals surface area contributed by atoms with Gasteiger partial charge < -0.3 is 4.74 Å². The Bertz CT molecular complexity index is 301. The quantitative estimate of drug-likeness (QED) is 0.787. The average Bonchev–Trinajstić information content (AvgIpc) is 2.92. The molecule has 3 saturated heterocycles. The first-order valence-electron chi connectivity index (χ1n) is 8.83. The van der Waals surface area contributed by atoms with Crippen LogP contribution in [0.15, 0.2) is 0 Å². The molecule has 3 aliphatic heterocycles. The molecule has 3 nitrogen and oxygen atoms in total. The molecule has 0 radical (unpaired) electrons. The molecule has 0 spiro atoms. The third-order valence-corrected chi connectivity index (χ3v) is 5.62. The summed E-state index contributed by atoms with van der Waals surface area (Å²) >= 11 is 0. The van der Waals surface area contributed by atoms with E-state index in [1.54, 1.807) is 0 Å². The van der Waals surface area contributed by atoms with Crippen LogP contribution in [0.4, 0.5) is 0 Å². The van der Waals surface area contributed by atoms with Gasteiger partial charge in [0, 0.05) is 38.3 Å². The highest BCUT2D eigenvalue weighted by molar-refractivity contribution is 4.93. The fourth-order valence-electron chi connectivity index (χ4n) is 4.34. The van der Waals surface area contributed by atoms with Crippen LogP contribution in [-0.2, 0) is 4.74 Å². The van der Waals surface area contributed by atoms with Gasteiger partial charge in [0.25, 0.3) is 0 Å². The monoisotopic (exact) mass is 280 g/mol. The zero-order valence-electron chi connectivity index (χ0n) is 13.4. The maximum Gasteiger partial charge on any atom is 0.0587 e. The lowest BCUT2D eigenvalue weighted by molar-refractivity contribution is -0.0146. The van der Waals surface area contributed by atoms with E-state index in [1.807, 2.05) is 0 Å². The zero-order valence-corrected chi connectivity index (χ0v) is 13.4. The Morgan fingerprint density at radius 3 is 2.75 bits per heavy atom. The molecule has 3 heteroatoms. The lowest BCUT2D eigenvalue weighted by atomic mass is 9.96. The molecule has 3 aliphatic rings. The molecule has 116 valence electrons. The van der Waals surface area contributed by atoms with Crippen molar-refractivity contribution in [2.75, 3.05) is 32.8 Å². The van der Waals surface area contributed by atoms with E-state index >= 15 is 0 Å². The summed E-state index contributed by atoms with van der Waals surface area (Å²) in [4.78, 5) is 5.54. The molecule has 3 heterocycles. The molecule has 0 aliphatic carbocycles. The standard InChI is InChI=1S/C17H32N2O/c1-14(2)17-13-18-9-5-6-15(18)12-19(17)10-8-16-7-3-4-11-20-16/h14-17H,3-13H2,1-2H3. The molecule has 0 bridgehead atoms. The molecule has 3 atom stereocenters. The van der Waals surface area contributed by atoms with Crippen LogP contribution >= 0.6 is 0 Å². The highest BCUT2D eigenvalue weighted by Gasteiger charge is 2.37. The van der Waals surface area contributed by atoms with Gasteiger partial charge in [-0.1, -0.05) is 13.8 Å². The Labute approximate surface area is 124 Å². The van der Waals surface area contributed by atoms with Crippen molar-refractivity contribution in [2.24, 2.45) is 5.92 Å². The summed E-state index contributed by atoms with van der Waals surface area (Å²) in [6.45, 7) is 11.0. The van der Waals surface area contributed by atoms with Gasteiger partial charge in [-0.3, -0.25) is 9.80 Å². The molecule has 3 fully saturated rings. The molecule has 3 rings (SSSR count). The Morgan fingerprint density at radius 1 is 1.10 bits per heavy atom. The average molecular weight is 280 g/mol. The van der Waals surface area contributed by atoms with Crippen LogP contribution in [0, 0.1) is 5.92 Å². The van der Waals surface area contributed by atoms with E-state index in [4.69, 9.17) is 4.74 Å². The van der Waals surface area contributed by atoms with E-state index in [2.05, 4.69) is 23.6 Å². The van der Waals surface area contributed by atoms with Crippen LogP contribution in [0.3, 0.4) is 0 Å². The molecule has 0 aromatic heterocycles. The molecule has 0 amide bonds. The summed E-state index contributed by atoms with van der Waals surface area (Å²) in [5.41, 5.74) is 0. The van der Waals surface area contributed by atoms with Crippen molar-refractivity contribution in [1.29, 1.82) is 0 Å². The first-order valence-corrected chi connectivity index (χ1v) is 8.83. The number of rotatable bonds is 4. The van der Waals surface area contributed by atoms with Crippen molar-refractivity contribution in [1.82, 2.24) is 9.80 Å². The van der Waals surface area contributed by atoms with E-state index in [1.165, 1.54) is 64.7 Å². The van der Waals surface area contributed by atoms with Gasteiger partial charge >= 0.3 is 0 Å². The van der Waals surface area contributed by atoms with Gasteiger partial charge in [-0.05, 0) is 51.0 Å². The molecule has 0 saturated carbocycles. The fraction of sp³-hybridized carbons (Fsp3) is 1.00. The van der Waals surface area contributed by atoms with E-state index in [9.17, 15) is 0 Å². The van der Waals surface area contributed by atoms with Gasteiger partial charge in [-0.25, -0.2) is 0 Å². The van der Waals surface area contributed by atoms with Crippen molar-refractivity contribution in [2.45, 2.75) is 70.6 Å². The van der Waals surface area contributed by atoms with E-state index in [0.29, 0.717) is 6.10 Å². The van der Waals surface area contributed by atoms with Crippen molar-refractivity contribution < 1.29 is 4.74 Å². The van der Waals surface area contributed by atoms with Crippen LogP contribution in [0.1, 0.15) is 52.4 Å². The number of ether oxygens (including phenoxy) is 1. The predicted octanol–water partition coefficient (Wildman–Crippen LogP) is 2.75. The zero-order chi connectivity index (χ0) is 13.9. The normalized spacial score (nSPS) is 36.5. The maximum atomic E-state index is 5.91. The van der Waals surface area contributed by atoms with Crippen molar-refractivity contribution in [3.63, 3.8) is 0 Å². The topological polar surface area (TPSA) is 15.7 Å². The highest BCUT2D eigenvalue weighted by atomic mass is 16.5. The van der Waals surface area contributed by atoms with Crippen LogP contribution in [0.5, 0.6) is 0 Å². The second-order valence-electron chi connectivity index (χ2n) is 7.37. The van der Waals surface area contributed by atoms with Crippen molar-refractivity contribution in [3.8, 4) is 0 Å². The maximum absolute atomic E-state index is 5.91. The van der Waals surface area contributed by atoms with Crippen LogP contribution < -0.4 is 0 Å². The lowest BCUT2D eigenvalue weighted by Gasteiger charge is -2.46. The summed E-state index contributed by atoms with van der Waals surface area (Å²) in [6.07, 6.45) is 8.54. The fourth-order valence-corrected chi connectivity index (χ4v) is 4.34. The third-order valence-electron chi connectivity index (χ3n) is 5.62. The van der Waals surface area contributed by atoms with Crippen LogP contribution in [0.25, 0.3) is 0 Å². The van der Waals surface area contributed by atoms with Crippen LogP contribution in [0.2, 0.25) is 0 Å². The van der Waals surface area contributed by atoms with Crippen LogP contribution in [-0.4, -0.2) is 60.8 Å². The van der Waals surface area contributed by atoms with E-state index in [-0.39, 0.29) is 0 Å². The Kier molecular flexibility index (Phi) is 5.00. The minimum atomic E-state index is 0.540. The number of hydrogen-bond acceptors (Lipinski definition) is 3. The van der Waals surface area contributed by atoms with Gasteiger partial charge in [0.05, 0.1) is 6.10 Å². The SMILES string of the molecule is CC(C)C1CN2CCCC2CN1CCC1CCCCO1. The minimum absolute atomic E-state index is 0.540. The number of hydrogen-bond donors (Lipinski definition) is 0. The Balaban J connectivity index is 1.54. The van der Waals surface area contributed by atoms with Gasteiger partial charge in [-0.2, -0.15) is 0 Å². The van der Waals surface area contributed by atoms with Crippen molar-refractivity contribution >= 4 is 0 Å². The lowest BCUT2D eigenvalue weighted by Crippen LogP contribution is -2.58. The smallest absolute Gasteiger partial charge is 0.0587 e. The summed E-state index contributed by atoms with van der Waals surface area (Å²) in [5.74, 6) is 0.767. The minimum Gasteiger partial charge on any atom is -0.378 e. The molecular weight excluding hydrogens is 248 g/mol. The van der Waals surface area contributed by atoms with Crippen molar-refractivity contribution in [3.05, 3.63) is 0 Å². The van der Waals surface area contributed by atoms with E-state index in [0.717, 1.165) is 24.6 Å². The molecule has 0 aromatic carbocycles. The molecule has 0 N–H and O–H groups in total. The largest absolute Gasteiger partial charge is 0.378 e. The number of fused-ring (bicyclic) bond motifs is 1. The summed E-state index contributed by atoms with van der Waals surface area (Å²) in [7, 11) is 0. The molecular formula is C17H32N2O. The first-order chi connectivity index (χ1) is 9.74. The second-order valence-corrected chi connectivity index (χ2v) is 7.37. The predicted molar refractivity (Wildman–Crippen MR) is 83.0 cm³/mol. The van der Waals surface area contributed by atoms with E-state index < -0.39 is 0 Å². The molecule has 20 heavy (non-hydrogen) atoms. The summed E-state index contributed by atoms with van der Waals surface area (Å²) < 4.78 is 5.91. The first kappa shape index (κ1) is 14.8. The third kappa shape index (κ3) is 3.37.